The topological polar surface area (TPSA) is 15.3 Å². The summed E-state index contributed by atoms with van der Waals surface area (Å²) in [5, 5.41) is 3.62. The van der Waals surface area contributed by atoms with Gasteiger partial charge in [0.15, 0.2) is 0 Å². The molecule has 2 heteroatoms. The molecule has 0 aliphatic carbocycles. The van der Waals surface area contributed by atoms with E-state index in [2.05, 4.69) is 44.8 Å². The molecule has 2 nitrogen and oxygen atoms in total. The van der Waals surface area contributed by atoms with Crippen LogP contribution < -0.4 is 5.32 Å². The van der Waals surface area contributed by atoms with Gasteiger partial charge in [0.1, 0.15) is 0 Å². The standard InChI is InChI=1S/C16H34N2/c1-6-8-15(13-17-14(3)4)18-11-9-16(5,7-2)10-12-18/h14-15,17H,6-13H2,1-5H3. The van der Waals surface area contributed by atoms with Gasteiger partial charge in [0.25, 0.3) is 0 Å². The van der Waals surface area contributed by atoms with Crippen LogP contribution in [0.25, 0.3) is 0 Å². The molecule has 0 saturated carbocycles. The zero-order valence-corrected chi connectivity index (χ0v) is 13.3. The van der Waals surface area contributed by atoms with Crippen LogP contribution in [0.1, 0.15) is 66.7 Å². The molecule has 0 aromatic heterocycles. The van der Waals surface area contributed by atoms with Crippen molar-refractivity contribution in [2.75, 3.05) is 19.6 Å². The zero-order chi connectivity index (χ0) is 13.6. The summed E-state index contributed by atoms with van der Waals surface area (Å²) >= 11 is 0. The predicted molar refractivity (Wildman–Crippen MR) is 81.0 cm³/mol. The molecule has 1 N–H and O–H groups in total. The molecule has 1 heterocycles. The van der Waals surface area contributed by atoms with Crippen molar-refractivity contribution in [1.82, 2.24) is 10.2 Å². The van der Waals surface area contributed by atoms with Crippen molar-refractivity contribution in [3.8, 4) is 0 Å². The third-order valence-electron chi connectivity index (χ3n) is 4.76. The molecule has 1 unspecified atom stereocenters. The highest BCUT2D eigenvalue weighted by atomic mass is 15.2. The fourth-order valence-corrected chi connectivity index (χ4v) is 2.90. The fourth-order valence-electron chi connectivity index (χ4n) is 2.90. The third kappa shape index (κ3) is 4.89. The first kappa shape index (κ1) is 16.0. The number of nitrogens with zero attached hydrogens (tertiary/aromatic N) is 1. The molecular formula is C16H34N2. The maximum Gasteiger partial charge on any atom is 0.0220 e. The molecule has 108 valence electrons. The zero-order valence-electron chi connectivity index (χ0n) is 13.3. The van der Waals surface area contributed by atoms with E-state index < -0.39 is 0 Å². The van der Waals surface area contributed by atoms with Gasteiger partial charge in [-0.2, -0.15) is 0 Å². The average molecular weight is 254 g/mol. The molecule has 0 aromatic carbocycles. The minimum atomic E-state index is 0.607. The lowest BCUT2D eigenvalue weighted by atomic mass is 9.78. The van der Waals surface area contributed by atoms with Crippen LogP contribution in [0.4, 0.5) is 0 Å². The second-order valence-corrected chi connectivity index (χ2v) is 6.71. The van der Waals surface area contributed by atoms with Gasteiger partial charge in [-0.3, -0.25) is 4.90 Å². The lowest BCUT2D eigenvalue weighted by Crippen LogP contribution is -2.49. The summed E-state index contributed by atoms with van der Waals surface area (Å²) in [6.07, 6.45) is 6.73. The van der Waals surface area contributed by atoms with E-state index in [-0.39, 0.29) is 0 Å². The Labute approximate surface area is 115 Å². The summed E-state index contributed by atoms with van der Waals surface area (Å²) in [5.41, 5.74) is 0.610. The van der Waals surface area contributed by atoms with Crippen LogP contribution in [0.5, 0.6) is 0 Å². The molecule has 18 heavy (non-hydrogen) atoms. The number of hydrogen-bond acceptors (Lipinski definition) is 2. The van der Waals surface area contributed by atoms with E-state index in [0.717, 1.165) is 12.6 Å². The summed E-state index contributed by atoms with van der Waals surface area (Å²) in [4.78, 5) is 2.73. The molecule has 0 spiro atoms. The maximum absolute atomic E-state index is 3.62. The largest absolute Gasteiger partial charge is 0.313 e. The first-order valence-electron chi connectivity index (χ1n) is 7.98. The van der Waals surface area contributed by atoms with Crippen molar-refractivity contribution >= 4 is 0 Å². The van der Waals surface area contributed by atoms with E-state index in [1.807, 2.05) is 0 Å². The molecule has 1 fully saturated rings. The Balaban J connectivity index is 2.44. The summed E-state index contributed by atoms with van der Waals surface area (Å²) in [6, 6.07) is 1.36. The lowest BCUT2D eigenvalue weighted by molar-refractivity contribution is 0.0756. The highest BCUT2D eigenvalue weighted by molar-refractivity contribution is 4.85. The smallest absolute Gasteiger partial charge is 0.0220 e. The second kappa shape index (κ2) is 7.49. The Morgan fingerprint density at radius 1 is 1.17 bits per heavy atom. The lowest BCUT2D eigenvalue weighted by Gasteiger charge is -2.42. The van der Waals surface area contributed by atoms with Crippen LogP contribution in [0.3, 0.4) is 0 Å². The van der Waals surface area contributed by atoms with Gasteiger partial charge < -0.3 is 5.32 Å². The summed E-state index contributed by atoms with van der Waals surface area (Å²) < 4.78 is 0. The van der Waals surface area contributed by atoms with E-state index >= 15 is 0 Å². The predicted octanol–water partition coefficient (Wildman–Crippen LogP) is 3.67. The van der Waals surface area contributed by atoms with E-state index in [1.54, 1.807) is 0 Å². The van der Waals surface area contributed by atoms with Gasteiger partial charge in [0.05, 0.1) is 0 Å². The molecular weight excluding hydrogens is 220 g/mol. The molecule has 0 radical (unpaired) electrons. The van der Waals surface area contributed by atoms with Gasteiger partial charge in [0.2, 0.25) is 0 Å². The summed E-state index contributed by atoms with van der Waals surface area (Å²) in [6.45, 7) is 15.4. The van der Waals surface area contributed by atoms with Gasteiger partial charge in [-0.1, -0.05) is 47.5 Å². The van der Waals surface area contributed by atoms with Gasteiger partial charge in [-0.15, -0.1) is 0 Å². The monoisotopic (exact) mass is 254 g/mol. The molecule has 1 aliphatic heterocycles. The van der Waals surface area contributed by atoms with E-state index in [1.165, 1.54) is 45.2 Å². The molecule has 1 aliphatic rings. The molecule has 0 aromatic rings. The maximum atomic E-state index is 3.62. The van der Waals surface area contributed by atoms with Crippen molar-refractivity contribution < 1.29 is 0 Å². The van der Waals surface area contributed by atoms with Gasteiger partial charge in [0, 0.05) is 18.6 Å². The first-order valence-corrected chi connectivity index (χ1v) is 7.98. The fraction of sp³-hybridized carbons (Fsp3) is 1.00. The van der Waals surface area contributed by atoms with Crippen LogP contribution in [0.2, 0.25) is 0 Å². The van der Waals surface area contributed by atoms with Crippen LogP contribution in [-0.2, 0) is 0 Å². The molecule has 0 bridgehead atoms. The van der Waals surface area contributed by atoms with Gasteiger partial charge in [-0.25, -0.2) is 0 Å². The van der Waals surface area contributed by atoms with E-state index in [9.17, 15) is 0 Å². The number of piperidine rings is 1. The quantitative estimate of drug-likeness (QED) is 0.746. The van der Waals surface area contributed by atoms with E-state index in [4.69, 9.17) is 0 Å². The first-order chi connectivity index (χ1) is 8.50. The Kier molecular flexibility index (Phi) is 6.65. The van der Waals surface area contributed by atoms with E-state index in [0.29, 0.717) is 11.5 Å². The number of rotatable bonds is 7. The van der Waals surface area contributed by atoms with Crippen molar-refractivity contribution in [1.29, 1.82) is 0 Å². The molecule has 1 atom stereocenters. The van der Waals surface area contributed by atoms with Crippen molar-refractivity contribution in [3.63, 3.8) is 0 Å². The number of hydrogen-bond donors (Lipinski definition) is 1. The Bertz CT molecular complexity index is 217. The van der Waals surface area contributed by atoms with Crippen LogP contribution >= 0.6 is 0 Å². The minimum Gasteiger partial charge on any atom is -0.313 e. The molecule has 0 amide bonds. The molecule has 1 rings (SSSR count). The van der Waals surface area contributed by atoms with Crippen molar-refractivity contribution in [3.05, 3.63) is 0 Å². The van der Waals surface area contributed by atoms with Crippen LogP contribution in [0, 0.1) is 5.41 Å². The minimum absolute atomic E-state index is 0.607. The van der Waals surface area contributed by atoms with Gasteiger partial charge >= 0.3 is 0 Å². The number of nitrogens with one attached hydrogen (secondary N) is 1. The highest BCUT2D eigenvalue weighted by Crippen LogP contribution is 2.34. The second-order valence-electron chi connectivity index (χ2n) is 6.71. The summed E-state index contributed by atoms with van der Waals surface area (Å²) in [5.74, 6) is 0. The Hall–Kier alpha value is -0.0800. The third-order valence-corrected chi connectivity index (χ3v) is 4.76. The SMILES string of the molecule is CCCC(CNC(C)C)N1CCC(C)(CC)CC1. The van der Waals surface area contributed by atoms with Crippen LogP contribution in [-0.4, -0.2) is 36.6 Å². The Morgan fingerprint density at radius 3 is 2.22 bits per heavy atom. The normalized spacial score (nSPS) is 22.3. The molecule has 1 saturated heterocycles. The Morgan fingerprint density at radius 2 is 1.78 bits per heavy atom. The average Bonchev–Trinajstić information content (AvgIpc) is 2.35. The number of likely N-dealkylation sites (tertiary alicyclic amines) is 1. The summed E-state index contributed by atoms with van der Waals surface area (Å²) in [7, 11) is 0. The highest BCUT2D eigenvalue weighted by Gasteiger charge is 2.30. The van der Waals surface area contributed by atoms with Crippen molar-refractivity contribution in [2.45, 2.75) is 78.8 Å². The van der Waals surface area contributed by atoms with Crippen molar-refractivity contribution in [2.24, 2.45) is 5.41 Å². The van der Waals surface area contributed by atoms with Gasteiger partial charge in [-0.05, 0) is 37.8 Å². The van der Waals surface area contributed by atoms with Crippen LogP contribution in [0.15, 0.2) is 0 Å².